The Kier molecular flexibility index (Phi) is 6.59. The lowest BCUT2D eigenvalue weighted by Crippen LogP contribution is -2.32. The molecule has 0 fully saturated rings. The van der Waals surface area contributed by atoms with Crippen LogP contribution in [0, 0.1) is 0 Å². The molecule has 0 aliphatic heterocycles. The Morgan fingerprint density at radius 2 is 1.80 bits per heavy atom. The van der Waals surface area contributed by atoms with Crippen molar-refractivity contribution in [3.63, 3.8) is 0 Å². The average Bonchev–Trinajstić information content (AvgIpc) is 2.88. The van der Waals surface area contributed by atoms with Crippen LogP contribution < -0.4 is 16.6 Å². The third-order valence-electron chi connectivity index (χ3n) is 5.96. The van der Waals surface area contributed by atoms with Crippen LogP contribution in [-0.2, 0) is 6.54 Å². The number of hydrogen-bond donors (Lipinski definition) is 2. The van der Waals surface area contributed by atoms with Crippen LogP contribution in [0.4, 0.5) is 5.69 Å². The monoisotopic (exact) mass is 471 g/mol. The highest BCUT2D eigenvalue weighted by Crippen LogP contribution is 2.24. The van der Waals surface area contributed by atoms with E-state index in [1.807, 2.05) is 31.2 Å². The molecule has 9 heteroatoms. The molecule has 9 nitrogen and oxygen atoms in total. The Labute approximate surface area is 201 Å². The quantitative estimate of drug-likeness (QED) is 0.448. The molecule has 0 spiro atoms. The van der Waals surface area contributed by atoms with E-state index in [9.17, 15) is 19.2 Å². The molecule has 4 rings (SSSR count). The fourth-order valence-electron chi connectivity index (χ4n) is 3.85. The number of H-pyrrole nitrogens is 1. The number of carbonyl (C=O) groups excluding carboxylic acids is 2. The first kappa shape index (κ1) is 23.6. The van der Waals surface area contributed by atoms with Crippen molar-refractivity contribution in [2.45, 2.75) is 26.4 Å². The summed E-state index contributed by atoms with van der Waals surface area (Å²) < 4.78 is 1.34. The number of nitrogens with zero attached hydrogens (tertiary/aromatic N) is 3. The van der Waals surface area contributed by atoms with E-state index >= 15 is 0 Å². The number of nitrogens with one attached hydrogen (secondary N) is 2. The highest BCUT2D eigenvalue weighted by molar-refractivity contribution is 6.04. The van der Waals surface area contributed by atoms with Crippen molar-refractivity contribution in [1.82, 2.24) is 19.4 Å². The van der Waals surface area contributed by atoms with Gasteiger partial charge in [0.15, 0.2) is 0 Å². The summed E-state index contributed by atoms with van der Waals surface area (Å²) >= 11 is 0. The maximum Gasteiger partial charge on any atom is 0.329 e. The first-order valence-electron chi connectivity index (χ1n) is 11.2. The number of rotatable bonds is 6. The molecule has 0 saturated carbocycles. The number of hydrogen-bond acceptors (Lipinski definition) is 5. The second kappa shape index (κ2) is 9.76. The molecule has 2 aromatic carbocycles. The first-order valence-corrected chi connectivity index (χ1v) is 11.2. The standard InChI is InChI=1S/C26H25N5O4/c1-4-31-22-21(24(33)29-26(31)35)14-19(15-27-22)25(34)30(3)16(2)18-11-8-12-20(13-18)28-23(32)17-9-6-5-7-10-17/h5-16H,4H2,1-3H3,(H,28,32)(H,29,33,35). The summed E-state index contributed by atoms with van der Waals surface area (Å²) in [5.41, 5.74) is 1.31. The predicted octanol–water partition coefficient (Wildman–Crippen LogP) is 3.19. The summed E-state index contributed by atoms with van der Waals surface area (Å²) in [5.74, 6) is -0.558. The zero-order valence-corrected chi connectivity index (χ0v) is 19.6. The number of aromatic amines is 1. The van der Waals surface area contributed by atoms with E-state index in [2.05, 4.69) is 15.3 Å². The Morgan fingerprint density at radius 3 is 2.51 bits per heavy atom. The molecule has 4 aromatic rings. The third kappa shape index (κ3) is 4.74. The van der Waals surface area contributed by atoms with Gasteiger partial charge in [-0.05, 0) is 49.7 Å². The molecule has 0 aliphatic carbocycles. The minimum absolute atomic E-state index is 0.170. The minimum atomic E-state index is -0.589. The van der Waals surface area contributed by atoms with Gasteiger partial charge >= 0.3 is 5.69 Å². The van der Waals surface area contributed by atoms with Gasteiger partial charge in [0.1, 0.15) is 5.65 Å². The van der Waals surface area contributed by atoms with E-state index in [1.165, 1.54) is 21.7 Å². The Balaban J connectivity index is 1.57. The summed E-state index contributed by atoms with van der Waals surface area (Å²) in [7, 11) is 1.66. The molecular weight excluding hydrogens is 446 g/mol. The SMILES string of the molecule is CCn1c(=O)[nH]c(=O)c2cc(C(=O)N(C)C(C)c3cccc(NC(=O)c4ccccc4)c3)cnc21. The lowest BCUT2D eigenvalue weighted by Gasteiger charge is -2.26. The maximum atomic E-state index is 13.2. The normalized spacial score (nSPS) is 11.7. The van der Waals surface area contributed by atoms with E-state index in [1.54, 1.807) is 44.3 Å². The number of fused-ring (bicyclic) bond motifs is 1. The molecule has 0 saturated heterocycles. The second-order valence-corrected chi connectivity index (χ2v) is 8.14. The van der Waals surface area contributed by atoms with Crippen LogP contribution >= 0.6 is 0 Å². The highest BCUT2D eigenvalue weighted by atomic mass is 16.2. The largest absolute Gasteiger partial charge is 0.335 e. The van der Waals surface area contributed by atoms with Gasteiger partial charge in [0.05, 0.1) is 17.0 Å². The molecule has 2 amide bonds. The number of benzene rings is 2. The van der Waals surface area contributed by atoms with E-state index in [0.29, 0.717) is 17.8 Å². The third-order valence-corrected chi connectivity index (χ3v) is 5.96. The zero-order valence-electron chi connectivity index (χ0n) is 19.6. The molecule has 0 radical (unpaired) electrons. The van der Waals surface area contributed by atoms with E-state index < -0.39 is 11.2 Å². The van der Waals surface area contributed by atoms with Crippen molar-refractivity contribution in [2.75, 3.05) is 12.4 Å². The summed E-state index contributed by atoms with van der Waals surface area (Å²) in [6.07, 6.45) is 1.37. The number of amides is 2. The van der Waals surface area contributed by atoms with Gasteiger partial charge in [-0.25, -0.2) is 9.78 Å². The van der Waals surface area contributed by atoms with Gasteiger partial charge in [0.2, 0.25) is 0 Å². The van der Waals surface area contributed by atoms with Crippen LogP contribution in [0.3, 0.4) is 0 Å². The molecule has 1 atom stereocenters. The topological polar surface area (TPSA) is 117 Å². The molecule has 0 aliphatic rings. The van der Waals surface area contributed by atoms with Crippen LogP contribution in [0.1, 0.15) is 46.2 Å². The van der Waals surface area contributed by atoms with Crippen molar-refractivity contribution < 1.29 is 9.59 Å². The molecule has 2 aromatic heterocycles. The summed E-state index contributed by atoms with van der Waals surface area (Å²) in [6.45, 7) is 3.97. The molecule has 178 valence electrons. The van der Waals surface area contributed by atoms with Gasteiger partial charge in [0.25, 0.3) is 17.4 Å². The van der Waals surface area contributed by atoms with Crippen LogP contribution in [0.15, 0.2) is 76.4 Å². The fourth-order valence-corrected chi connectivity index (χ4v) is 3.85. The molecule has 1 unspecified atom stereocenters. The van der Waals surface area contributed by atoms with E-state index in [0.717, 1.165) is 5.56 Å². The summed E-state index contributed by atoms with van der Waals surface area (Å²) in [6, 6.07) is 17.3. The van der Waals surface area contributed by atoms with Crippen molar-refractivity contribution in [2.24, 2.45) is 0 Å². The number of pyridine rings is 1. The van der Waals surface area contributed by atoms with Crippen molar-refractivity contribution >= 4 is 28.5 Å². The first-order chi connectivity index (χ1) is 16.8. The zero-order chi connectivity index (χ0) is 25.1. The molecule has 35 heavy (non-hydrogen) atoms. The second-order valence-electron chi connectivity index (χ2n) is 8.14. The number of aromatic nitrogens is 3. The van der Waals surface area contributed by atoms with Gasteiger partial charge in [-0.15, -0.1) is 0 Å². The van der Waals surface area contributed by atoms with Crippen molar-refractivity contribution in [3.8, 4) is 0 Å². The van der Waals surface area contributed by atoms with Gasteiger partial charge in [-0.3, -0.25) is 23.9 Å². The summed E-state index contributed by atoms with van der Waals surface area (Å²) in [5, 5.41) is 3.05. The van der Waals surface area contributed by atoms with Gasteiger partial charge < -0.3 is 10.2 Å². The molecule has 2 N–H and O–H groups in total. The number of anilines is 1. The minimum Gasteiger partial charge on any atom is -0.335 e. The Bertz CT molecular complexity index is 1520. The van der Waals surface area contributed by atoms with Gasteiger partial charge in [0, 0.05) is 31.0 Å². The van der Waals surface area contributed by atoms with Crippen LogP contribution in [-0.4, -0.2) is 38.3 Å². The smallest absolute Gasteiger partial charge is 0.329 e. The number of carbonyl (C=O) groups is 2. The molecule has 2 heterocycles. The average molecular weight is 472 g/mol. The number of aryl methyl sites for hydroxylation is 1. The predicted molar refractivity (Wildman–Crippen MR) is 134 cm³/mol. The summed E-state index contributed by atoms with van der Waals surface area (Å²) in [4.78, 5) is 58.1. The van der Waals surface area contributed by atoms with Crippen LogP contribution in [0.5, 0.6) is 0 Å². The fraction of sp³-hybridized carbons (Fsp3) is 0.192. The van der Waals surface area contributed by atoms with Crippen molar-refractivity contribution in [1.29, 1.82) is 0 Å². The Morgan fingerprint density at radius 1 is 1.06 bits per heavy atom. The van der Waals surface area contributed by atoms with Gasteiger partial charge in [-0.1, -0.05) is 30.3 Å². The van der Waals surface area contributed by atoms with Crippen LogP contribution in [0.25, 0.3) is 11.0 Å². The van der Waals surface area contributed by atoms with Crippen molar-refractivity contribution in [3.05, 3.63) is 104 Å². The Hall–Kier alpha value is -4.53. The van der Waals surface area contributed by atoms with E-state index in [-0.39, 0.29) is 34.5 Å². The lowest BCUT2D eigenvalue weighted by molar-refractivity contribution is 0.0742. The lowest BCUT2D eigenvalue weighted by atomic mass is 10.1. The maximum absolute atomic E-state index is 13.2. The van der Waals surface area contributed by atoms with Crippen LogP contribution in [0.2, 0.25) is 0 Å². The van der Waals surface area contributed by atoms with E-state index in [4.69, 9.17) is 0 Å². The van der Waals surface area contributed by atoms with Gasteiger partial charge in [-0.2, -0.15) is 0 Å². The molecule has 0 bridgehead atoms. The highest BCUT2D eigenvalue weighted by Gasteiger charge is 2.21. The molecular formula is C26H25N5O4.